The Labute approximate surface area is 179 Å². The fraction of sp³-hybridized carbons (Fsp3) is 0.476. The number of anilines is 1. The number of hydrogen-bond acceptors (Lipinski definition) is 7. The number of thioether (sulfide) groups is 1. The van der Waals surface area contributed by atoms with E-state index in [9.17, 15) is 9.59 Å². The summed E-state index contributed by atoms with van der Waals surface area (Å²) in [6.45, 7) is 2.82. The van der Waals surface area contributed by atoms with Crippen molar-refractivity contribution in [3.8, 4) is 11.5 Å². The van der Waals surface area contributed by atoms with Crippen LogP contribution in [0, 0.1) is 0 Å². The van der Waals surface area contributed by atoms with Gasteiger partial charge in [0.2, 0.25) is 5.91 Å². The lowest BCUT2D eigenvalue weighted by molar-refractivity contribution is -0.133. The summed E-state index contributed by atoms with van der Waals surface area (Å²) >= 11 is 1.91. The molecule has 2 aliphatic rings. The summed E-state index contributed by atoms with van der Waals surface area (Å²) in [5.74, 6) is 4.07. The van der Waals surface area contributed by atoms with E-state index >= 15 is 0 Å². The predicted molar refractivity (Wildman–Crippen MR) is 117 cm³/mol. The number of benzene rings is 1. The molecule has 0 saturated carbocycles. The highest BCUT2D eigenvalue weighted by Gasteiger charge is 2.24. The number of aromatic nitrogens is 2. The van der Waals surface area contributed by atoms with Crippen LogP contribution in [0.5, 0.6) is 11.5 Å². The van der Waals surface area contributed by atoms with Crippen molar-refractivity contribution in [1.82, 2.24) is 14.7 Å². The molecular weight excluding hydrogens is 404 g/mol. The van der Waals surface area contributed by atoms with Crippen LogP contribution in [0.2, 0.25) is 0 Å². The normalized spacial score (nSPS) is 16.2. The van der Waals surface area contributed by atoms with E-state index in [0.717, 1.165) is 48.0 Å². The topological polar surface area (TPSA) is 76.9 Å². The molecule has 30 heavy (non-hydrogen) atoms. The maximum atomic E-state index is 12.9. The average Bonchev–Trinajstić information content (AvgIpc) is 2.79. The van der Waals surface area contributed by atoms with E-state index in [-0.39, 0.29) is 18.0 Å². The number of carbonyl (C=O) groups is 1. The summed E-state index contributed by atoms with van der Waals surface area (Å²) in [5, 5.41) is 4.46. The van der Waals surface area contributed by atoms with Gasteiger partial charge in [0.15, 0.2) is 11.5 Å². The van der Waals surface area contributed by atoms with Gasteiger partial charge in [0.1, 0.15) is 12.4 Å². The van der Waals surface area contributed by atoms with Gasteiger partial charge in [-0.25, -0.2) is 4.68 Å². The number of hydrogen-bond donors (Lipinski definition) is 0. The molecule has 0 aliphatic carbocycles. The molecule has 1 amide bonds. The highest BCUT2D eigenvalue weighted by atomic mass is 32.2. The molecule has 8 nitrogen and oxygen atoms in total. The number of amides is 1. The van der Waals surface area contributed by atoms with Crippen LogP contribution >= 0.6 is 11.8 Å². The number of rotatable bonds is 5. The summed E-state index contributed by atoms with van der Waals surface area (Å²) in [6.07, 6.45) is 0.731. The molecule has 9 heteroatoms. The lowest BCUT2D eigenvalue weighted by atomic mass is 9.98. The van der Waals surface area contributed by atoms with E-state index in [4.69, 9.17) is 9.47 Å². The third-order valence-corrected chi connectivity index (χ3v) is 6.49. The first-order chi connectivity index (χ1) is 14.6. The summed E-state index contributed by atoms with van der Waals surface area (Å²) in [7, 11) is 3.21. The largest absolute Gasteiger partial charge is 0.493 e. The Kier molecular flexibility index (Phi) is 6.17. The molecule has 0 unspecified atom stereocenters. The van der Waals surface area contributed by atoms with Gasteiger partial charge in [0.25, 0.3) is 5.56 Å². The van der Waals surface area contributed by atoms with E-state index < -0.39 is 0 Å². The van der Waals surface area contributed by atoms with E-state index in [0.29, 0.717) is 24.6 Å². The predicted octanol–water partition coefficient (Wildman–Crippen LogP) is 1.40. The SMILES string of the molecule is COc1cc2c(cc1OC)CN(C(=O)Cn1nc(N3CCSCC3)ccc1=O)CC2. The van der Waals surface area contributed by atoms with Crippen LogP contribution in [0.1, 0.15) is 11.1 Å². The quantitative estimate of drug-likeness (QED) is 0.710. The molecule has 2 aliphatic heterocycles. The number of ether oxygens (including phenoxy) is 2. The van der Waals surface area contributed by atoms with Crippen LogP contribution in [0.4, 0.5) is 5.82 Å². The summed E-state index contributed by atoms with van der Waals surface area (Å²) < 4.78 is 12.0. The minimum atomic E-state index is -0.262. The van der Waals surface area contributed by atoms with Crippen LogP contribution < -0.4 is 19.9 Å². The molecule has 1 fully saturated rings. The van der Waals surface area contributed by atoms with E-state index in [1.807, 2.05) is 23.9 Å². The fourth-order valence-corrected chi connectivity index (χ4v) is 4.74. The van der Waals surface area contributed by atoms with Gasteiger partial charge in [-0.15, -0.1) is 0 Å². The van der Waals surface area contributed by atoms with Crippen molar-refractivity contribution in [2.75, 3.05) is 50.3 Å². The van der Waals surface area contributed by atoms with Crippen molar-refractivity contribution in [3.05, 3.63) is 45.7 Å². The smallest absolute Gasteiger partial charge is 0.267 e. The zero-order valence-corrected chi connectivity index (χ0v) is 18.1. The Morgan fingerprint density at radius 1 is 1.07 bits per heavy atom. The maximum Gasteiger partial charge on any atom is 0.267 e. The summed E-state index contributed by atoms with van der Waals surface area (Å²) in [5.41, 5.74) is 1.92. The van der Waals surface area contributed by atoms with Gasteiger partial charge < -0.3 is 19.3 Å². The van der Waals surface area contributed by atoms with Gasteiger partial charge in [-0.05, 0) is 35.7 Å². The van der Waals surface area contributed by atoms with Crippen LogP contribution in [-0.2, 0) is 24.3 Å². The highest BCUT2D eigenvalue weighted by Crippen LogP contribution is 2.33. The van der Waals surface area contributed by atoms with Gasteiger partial charge in [0, 0.05) is 43.8 Å². The molecule has 0 atom stereocenters. The summed E-state index contributed by atoms with van der Waals surface area (Å²) in [4.78, 5) is 29.2. The second-order valence-corrected chi connectivity index (χ2v) is 8.55. The molecule has 0 N–H and O–H groups in total. The van der Waals surface area contributed by atoms with Crippen molar-refractivity contribution in [2.45, 2.75) is 19.5 Å². The molecule has 0 radical (unpaired) electrons. The Bertz CT molecular complexity index is 987. The van der Waals surface area contributed by atoms with Gasteiger partial charge in [-0.3, -0.25) is 9.59 Å². The summed E-state index contributed by atoms with van der Waals surface area (Å²) in [6, 6.07) is 7.14. The molecule has 160 valence electrons. The van der Waals surface area contributed by atoms with Crippen molar-refractivity contribution in [2.24, 2.45) is 0 Å². The number of carbonyl (C=O) groups excluding carboxylic acids is 1. The van der Waals surface area contributed by atoms with Crippen LogP contribution in [0.15, 0.2) is 29.1 Å². The molecule has 3 heterocycles. The minimum absolute atomic E-state index is 0.0577. The standard InChI is InChI=1S/C21H26N4O4S/c1-28-17-11-15-5-6-24(13-16(15)12-18(17)29-2)21(27)14-25-20(26)4-3-19(22-25)23-7-9-30-10-8-23/h3-4,11-12H,5-10,13-14H2,1-2H3. The first-order valence-corrected chi connectivity index (χ1v) is 11.2. The van der Waals surface area contributed by atoms with Crippen molar-refractivity contribution < 1.29 is 14.3 Å². The Balaban J connectivity index is 1.49. The first kappa shape index (κ1) is 20.6. The average molecular weight is 431 g/mol. The number of methoxy groups -OCH3 is 2. The Hall–Kier alpha value is -2.68. The lowest BCUT2D eigenvalue weighted by Crippen LogP contribution is -2.41. The third kappa shape index (κ3) is 4.26. The fourth-order valence-electron chi connectivity index (χ4n) is 3.84. The third-order valence-electron chi connectivity index (χ3n) is 5.54. The Morgan fingerprint density at radius 2 is 1.77 bits per heavy atom. The monoisotopic (exact) mass is 430 g/mol. The molecular formula is C21H26N4O4S. The van der Waals surface area contributed by atoms with E-state index in [1.165, 1.54) is 10.7 Å². The van der Waals surface area contributed by atoms with Crippen LogP contribution in [0.3, 0.4) is 0 Å². The van der Waals surface area contributed by atoms with Gasteiger partial charge in [0.05, 0.1) is 14.2 Å². The first-order valence-electron chi connectivity index (χ1n) is 10.0. The molecule has 4 rings (SSSR count). The highest BCUT2D eigenvalue weighted by molar-refractivity contribution is 7.99. The van der Waals surface area contributed by atoms with Crippen molar-refractivity contribution >= 4 is 23.5 Å². The molecule has 1 aromatic carbocycles. The lowest BCUT2D eigenvalue weighted by Gasteiger charge is -2.30. The molecule has 2 aromatic rings. The zero-order valence-electron chi connectivity index (χ0n) is 17.3. The Morgan fingerprint density at radius 3 is 2.47 bits per heavy atom. The molecule has 0 bridgehead atoms. The molecule has 1 saturated heterocycles. The molecule has 1 aromatic heterocycles. The van der Waals surface area contributed by atoms with Gasteiger partial charge in [-0.2, -0.15) is 16.9 Å². The van der Waals surface area contributed by atoms with Crippen LogP contribution in [-0.4, -0.2) is 65.9 Å². The second kappa shape index (κ2) is 8.99. The van der Waals surface area contributed by atoms with Gasteiger partial charge in [-0.1, -0.05) is 0 Å². The zero-order chi connectivity index (χ0) is 21.1. The van der Waals surface area contributed by atoms with Crippen molar-refractivity contribution in [3.63, 3.8) is 0 Å². The number of nitrogens with zero attached hydrogens (tertiary/aromatic N) is 4. The van der Waals surface area contributed by atoms with Gasteiger partial charge >= 0.3 is 0 Å². The van der Waals surface area contributed by atoms with Crippen molar-refractivity contribution in [1.29, 1.82) is 0 Å². The number of fused-ring (bicyclic) bond motifs is 1. The second-order valence-electron chi connectivity index (χ2n) is 7.33. The molecule has 0 spiro atoms. The van der Waals surface area contributed by atoms with Crippen LogP contribution in [0.25, 0.3) is 0 Å². The minimum Gasteiger partial charge on any atom is -0.493 e. The van der Waals surface area contributed by atoms with E-state index in [1.54, 1.807) is 25.2 Å². The maximum absolute atomic E-state index is 12.9. The van der Waals surface area contributed by atoms with E-state index in [2.05, 4.69) is 10.00 Å².